The fourth-order valence-corrected chi connectivity index (χ4v) is 2.25. The topological polar surface area (TPSA) is 6.25 Å². The average molecular weight is 165 g/mol. The van der Waals surface area contributed by atoms with Crippen molar-refractivity contribution < 1.29 is 4.58 Å². The van der Waals surface area contributed by atoms with Crippen molar-refractivity contribution in [2.24, 2.45) is 0 Å². The largest absolute Gasteiger partial charge is 0.266 e. The number of hydrogen-bond donors (Lipinski definition) is 0. The van der Waals surface area contributed by atoms with Crippen molar-refractivity contribution in [2.45, 2.75) is 19.3 Å². The van der Waals surface area contributed by atoms with Crippen LogP contribution in [-0.2, 0) is 0 Å². The summed E-state index contributed by atoms with van der Waals surface area (Å²) in [6, 6.07) is 0. The van der Waals surface area contributed by atoms with Crippen LogP contribution in [0.15, 0.2) is 12.7 Å². The van der Waals surface area contributed by atoms with Gasteiger partial charge in [-0.3, -0.25) is 9.48 Å². The third-order valence-corrected chi connectivity index (χ3v) is 2.76. The number of amidine groups is 1. The first-order valence-electron chi connectivity index (χ1n) is 4.88. The third-order valence-electron chi connectivity index (χ3n) is 2.76. The Hall–Kier alpha value is -0.790. The van der Waals surface area contributed by atoms with E-state index in [1.165, 1.54) is 38.9 Å². The lowest BCUT2D eigenvalue weighted by atomic mass is 10.2. The average Bonchev–Trinajstić information content (AvgIpc) is 2.53. The van der Waals surface area contributed by atoms with Crippen molar-refractivity contribution in [3.8, 4) is 0 Å². The second-order valence-electron chi connectivity index (χ2n) is 3.60. The summed E-state index contributed by atoms with van der Waals surface area (Å²) in [7, 11) is 0. The molecule has 2 heterocycles. The van der Waals surface area contributed by atoms with Gasteiger partial charge >= 0.3 is 0 Å². The van der Waals surface area contributed by atoms with E-state index in [9.17, 15) is 0 Å². The van der Waals surface area contributed by atoms with E-state index in [1.807, 2.05) is 6.08 Å². The SMILES string of the molecule is C=CCN1CCC[N+]2=C1CCC2. The second kappa shape index (κ2) is 3.30. The summed E-state index contributed by atoms with van der Waals surface area (Å²) in [6.07, 6.45) is 5.96. The molecule has 0 radical (unpaired) electrons. The number of nitrogens with zero attached hydrogens (tertiary/aromatic N) is 2. The third kappa shape index (κ3) is 1.26. The molecule has 0 saturated carbocycles. The summed E-state index contributed by atoms with van der Waals surface area (Å²) < 4.78 is 2.53. The second-order valence-corrected chi connectivity index (χ2v) is 3.60. The van der Waals surface area contributed by atoms with Crippen LogP contribution in [0, 0.1) is 0 Å². The molecule has 0 amide bonds. The highest BCUT2D eigenvalue weighted by molar-refractivity contribution is 5.78. The minimum Gasteiger partial charge on any atom is -0.266 e. The van der Waals surface area contributed by atoms with Gasteiger partial charge in [-0.25, -0.2) is 0 Å². The van der Waals surface area contributed by atoms with E-state index in [-0.39, 0.29) is 0 Å². The highest BCUT2D eigenvalue weighted by Crippen LogP contribution is 2.13. The molecule has 0 atom stereocenters. The molecule has 0 N–H and O–H groups in total. The Morgan fingerprint density at radius 1 is 1.42 bits per heavy atom. The molecule has 2 rings (SSSR count). The standard InChI is InChI=1S/C10H17N2/c1-2-6-11-8-4-9-12-7-3-5-10(11)12/h2H,1,3-9H2/q+1. The fourth-order valence-electron chi connectivity index (χ4n) is 2.25. The van der Waals surface area contributed by atoms with Crippen molar-refractivity contribution in [3.63, 3.8) is 0 Å². The number of hydrogen-bond acceptors (Lipinski definition) is 1. The molecule has 2 nitrogen and oxygen atoms in total. The Labute approximate surface area is 74.2 Å². The normalized spacial score (nSPS) is 22.8. The van der Waals surface area contributed by atoms with Crippen molar-refractivity contribution >= 4 is 5.84 Å². The predicted molar refractivity (Wildman–Crippen MR) is 50.6 cm³/mol. The Kier molecular flexibility index (Phi) is 2.15. The lowest BCUT2D eigenvalue weighted by Crippen LogP contribution is -2.41. The Morgan fingerprint density at radius 3 is 3.08 bits per heavy atom. The van der Waals surface area contributed by atoms with Crippen molar-refractivity contribution in [1.29, 1.82) is 0 Å². The van der Waals surface area contributed by atoms with Gasteiger partial charge in [0.15, 0.2) is 0 Å². The summed E-state index contributed by atoms with van der Waals surface area (Å²) in [5.74, 6) is 1.57. The van der Waals surface area contributed by atoms with Crippen LogP contribution >= 0.6 is 0 Å². The minimum absolute atomic E-state index is 1.03. The molecule has 0 bridgehead atoms. The maximum absolute atomic E-state index is 3.80. The van der Waals surface area contributed by atoms with Gasteiger partial charge in [-0.2, -0.15) is 0 Å². The molecule has 2 aliphatic rings. The van der Waals surface area contributed by atoms with E-state index in [0.717, 1.165) is 6.54 Å². The lowest BCUT2D eigenvalue weighted by molar-refractivity contribution is -0.529. The van der Waals surface area contributed by atoms with Gasteiger partial charge in [0.1, 0.15) is 6.54 Å². The molecule has 0 aromatic heterocycles. The van der Waals surface area contributed by atoms with Gasteiger partial charge in [-0.1, -0.05) is 12.7 Å². The Bertz CT molecular complexity index is 218. The van der Waals surface area contributed by atoms with Gasteiger partial charge in [0.25, 0.3) is 0 Å². The van der Waals surface area contributed by atoms with Crippen LogP contribution in [0.2, 0.25) is 0 Å². The molecular weight excluding hydrogens is 148 g/mol. The first-order chi connectivity index (χ1) is 5.92. The highest BCUT2D eigenvalue weighted by atomic mass is 15.3. The molecule has 2 heteroatoms. The maximum Gasteiger partial charge on any atom is 0.247 e. The molecular formula is C10H17N2+. The zero-order chi connectivity index (χ0) is 8.39. The van der Waals surface area contributed by atoms with E-state index in [1.54, 1.807) is 5.84 Å². The Balaban J connectivity index is 2.13. The lowest BCUT2D eigenvalue weighted by Gasteiger charge is -2.22. The molecule has 0 spiro atoms. The molecule has 0 aliphatic carbocycles. The molecule has 0 saturated heterocycles. The van der Waals surface area contributed by atoms with Gasteiger partial charge in [0, 0.05) is 6.42 Å². The monoisotopic (exact) mass is 165 g/mol. The van der Waals surface area contributed by atoms with Gasteiger partial charge < -0.3 is 0 Å². The van der Waals surface area contributed by atoms with Crippen LogP contribution in [0.25, 0.3) is 0 Å². The molecule has 66 valence electrons. The van der Waals surface area contributed by atoms with Crippen LogP contribution in [0.3, 0.4) is 0 Å². The summed E-state index contributed by atoms with van der Waals surface area (Å²) in [5.41, 5.74) is 0. The first-order valence-corrected chi connectivity index (χ1v) is 4.88. The van der Waals surface area contributed by atoms with Crippen molar-refractivity contribution in [3.05, 3.63) is 12.7 Å². The zero-order valence-electron chi connectivity index (χ0n) is 7.63. The molecule has 0 aromatic rings. The van der Waals surface area contributed by atoms with Gasteiger partial charge in [0.2, 0.25) is 5.84 Å². The van der Waals surface area contributed by atoms with E-state index in [2.05, 4.69) is 16.1 Å². The molecule has 0 unspecified atom stereocenters. The zero-order valence-corrected chi connectivity index (χ0v) is 7.63. The maximum atomic E-state index is 3.80. The van der Waals surface area contributed by atoms with Crippen LogP contribution in [0.5, 0.6) is 0 Å². The summed E-state index contributed by atoms with van der Waals surface area (Å²) in [5, 5.41) is 0. The molecule has 12 heavy (non-hydrogen) atoms. The summed E-state index contributed by atoms with van der Waals surface area (Å²) >= 11 is 0. The van der Waals surface area contributed by atoms with E-state index in [0.29, 0.717) is 0 Å². The first kappa shape index (κ1) is 7.84. The fraction of sp³-hybridized carbons (Fsp3) is 0.700. The highest BCUT2D eigenvalue weighted by Gasteiger charge is 2.29. The predicted octanol–water partition coefficient (Wildman–Crippen LogP) is 1.08. The van der Waals surface area contributed by atoms with Crippen LogP contribution in [0.1, 0.15) is 19.3 Å². The minimum atomic E-state index is 1.03. The quantitative estimate of drug-likeness (QED) is 0.438. The summed E-state index contributed by atoms with van der Waals surface area (Å²) in [4.78, 5) is 2.48. The van der Waals surface area contributed by atoms with Crippen LogP contribution in [-0.4, -0.2) is 41.5 Å². The van der Waals surface area contributed by atoms with Crippen LogP contribution in [0.4, 0.5) is 0 Å². The van der Waals surface area contributed by atoms with Gasteiger partial charge in [-0.15, -0.1) is 0 Å². The van der Waals surface area contributed by atoms with Gasteiger partial charge in [-0.05, 0) is 6.42 Å². The van der Waals surface area contributed by atoms with E-state index in [4.69, 9.17) is 0 Å². The number of rotatable bonds is 2. The molecule has 0 fully saturated rings. The molecule has 0 aromatic carbocycles. The van der Waals surface area contributed by atoms with E-state index >= 15 is 0 Å². The van der Waals surface area contributed by atoms with E-state index < -0.39 is 0 Å². The smallest absolute Gasteiger partial charge is 0.247 e. The molecule has 2 aliphatic heterocycles. The van der Waals surface area contributed by atoms with Crippen molar-refractivity contribution in [1.82, 2.24) is 4.90 Å². The summed E-state index contributed by atoms with van der Waals surface area (Å²) in [6.45, 7) is 8.62. The Morgan fingerprint density at radius 2 is 2.25 bits per heavy atom. The van der Waals surface area contributed by atoms with Gasteiger partial charge in [0.05, 0.1) is 26.1 Å². The van der Waals surface area contributed by atoms with Crippen LogP contribution < -0.4 is 0 Å². The van der Waals surface area contributed by atoms with Crippen molar-refractivity contribution in [2.75, 3.05) is 26.2 Å².